The van der Waals surface area contributed by atoms with Crippen molar-refractivity contribution in [3.8, 4) is 0 Å². The number of nitrogens with one attached hydrogen (secondary N) is 2. The molecular weight excluding hydrogens is 476 g/mol. The number of likely N-dealkylation sites (N-methyl/N-ethyl adjacent to an activating group) is 1. The SMILES string of the molecule is CSCC[C@H](NC(=O)[C@H](Cc1ccccc1)NC(=O)[C@H](C(C)C)N(C)C(=O)[C@@H](N)CS)C(=O)O. The Balaban J connectivity index is 3.15. The molecule has 0 aliphatic heterocycles. The molecule has 0 aliphatic rings. The van der Waals surface area contributed by atoms with Crippen molar-refractivity contribution in [2.75, 3.05) is 24.8 Å². The summed E-state index contributed by atoms with van der Waals surface area (Å²) >= 11 is 5.53. The lowest BCUT2D eigenvalue weighted by Crippen LogP contribution is -2.59. The van der Waals surface area contributed by atoms with Gasteiger partial charge in [0.2, 0.25) is 17.7 Å². The topological polar surface area (TPSA) is 142 Å². The molecule has 0 unspecified atom stereocenters. The van der Waals surface area contributed by atoms with Gasteiger partial charge in [-0.2, -0.15) is 24.4 Å². The number of amides is 3. The maximum atomic E-state index is 13.3. The first-order valence-electron chi connectivity index (χ1n) is 11.0. The highest BCUT2D eigenvalue weighted by Crippen LogP contribution is 2.13. The van der Waals surface area contributed by atoms with E-state index in [1.807, 2.05) is 36.6 Å². The quantitative estimate of drug-likeness (QED) is 0.232. The van der Waals surface area contributed by atoms with E-state index >= 15 is 0 Å². The predicted molar refractivity (Wildman–Crippen MR) is 138 cm³/mol. The van der Waals surface area contributed by atoms with Gasteiger partial charge < -0.3 is 26.4 Å². The molecule has 190 valence electrons. The number of carboxylic acids is 1. The highest BCUT2D eigenvalue weighted by molar-refractivity contribution is 7.98. The Morgan fingerprint density at radius 1 is 1.09 bits per heavy atom. The third-order valence-electron chi connectivity index (χ3n) is 5.32. The zero-order chi connectivity index (χ0) is 25.8. The van der Waals surface area contributed by atoms with Crippen molar-refractivity contribution in [3.63, 3.8) is 0 Å². The monoisotopic (exact) mass is 512 g/mol. The van der Waals surface area contributed by atoms with Crippen LogP contribution in [0.5, 0.6) is 0 Å². The van der Waals surface area contributed by atoms with E-state index in [0.29, 0.717) is 5.75 Å². The van der Waals surface area contributed by atoms with Crippen molar-refractivity contribution in [3.05, 3.63) is 35.9 Å². The minimum atomic E-state index is -1.14. The van der Waals surface area contributed by atoms with Crippen molar-refractivity contribution in [1.82, 2.24) is 15.5 Å². The molecule has 0 saturated carbocycles. The van der Waals surface area contributed by atoms with E-state index in [1.165, 1.54) is 23.7 Å². The van der Waals surface area contributed by atoms with Gasteiger partial charge in [0, 0.05) is 19.2 Å². The van der Waals surface area contributed by atoms with Gasteiger partial charge in [-0.1, -0.05) is 44.2 Å². The number of carbonyl (C=O) groups excluding carboxylic acids is 3. The number of aliphatic carboxylic acids is 1. The van der Waals surface area contributed by atoms with E-state index in [4.69, 9.17) is 5.73 Å². The molecule has 1 aromatic carbocycles. The maximum Gasteiger partial charge on any atom is 0.326 e. The standard InChI is InChI=1S/C23H36N4O5S2/c1-14(2)19(27(3)22(30)16(24)13-33)21(29)26-18(12-15-8-6-5-7-9-15)20(28)25-17(23(31)32)10-11-34-4/h5-9,14,16-19,33H,10-13,24H2,1-4H3,(H,25,28)(H,26,29)(H,31,32)/t16-,17-,18-,19-/m0/s1. The molecular formula is C23H36N4O5S2. The van der Waals surface area contributed by atoms with Gasteiger partial charge in [0.05, 0.1) is 6.04 Å². The van der Waals surface area contributed by atoms with Crippen molar-refractivity contribution in [2.45, 2.75) is 50.9 Å². The van der Waals surface area contributed by atoms with Crippen LogP contribution in [0.1, 0.15) is 25.8 Å². The third kappa shape index (κ3) is 9.19. The van der Waals surface area contributed by atoms with Crippen LogP contribution in [0.25, 0.3) is 0 Å². The lowest BCUT2D eigenvalue weighted by Gasteiger charge is -2.33. The Morgan fingerprint density at radius 3 is 2.18 bits per heavy atom. The number of hydrogen-bond acceptors (Lipinski definition) is 7. The molecule has 5 N–H and O–H groups in total. The van der Waals surface area contributed by atoms with Crippen LogP contribution in [0.3, 0.4) is 0 Å². The summed E-state index contributed by atoms with van der Waals surface area (Å²) in [4.78, 5) is 51.9. The molecule has 4 atom stereocenters. The number of hydrogen-bond donors (Lipinski definition) is 5. The van der Waals surface area contributed by atoms with E-state index < -0.39 is 47.9 Å². The van der Waals surface area contributed by atoms with E-state index in [2.05, 4.69) is 23.3 Å². The van der Waals surface area contributed by atoms with Gasteiger partial charge in [-0.3, -0.25) is 14.4 Å². The third-order valence-corrected chi connectivity index (χ3v) is 6.36. The lowest BCUT2D eigenvalue weighted by molar-refractivity contribution is -0.143. The summed E-state index contributed by atoms with van der Waals surface area (Å²) in [5, 5.41) is 14.8. The summed E-state index contributed by atoms with van der Waals surface area (Å²) in [6.45, 7) is 3.57. The number of nitrogens with two attached hydrogens (primary N) is 1. The van der Waals surface area contributed by atoms with Crippen LogP contribution >= 0.6 is 24.4 Å². The Morgan fingerprint density at radius 2 is 1.68 bits per heavy atom. The summed E-state index contributed by atoms with van der Waals surface area (Å²) in [5.74, 6) is -2.29. The van der Waals surface area contributed by atoms with Crippen molar-refractivity contribution < 1.29 is 24.3 Å². The minimum Gasteiger partial charge on any atom is -0.480 e. The fraction of sp³-hybridized carbons (Fsp3) is 0.565. The second kappa shape index (κ2) is 14.9. The molecule has 0 spiro atoms. The van der Waals surface area contributed by atoms with E-state index in [1.54, 1.807) is 13.8 Å². The van der Waals surface area contributed by atoms with Crippen LogP contribution in [-0.4, -0.2) is 82.7 Å². The minimum absolute atomic E-state index is 0.126. The molecule has 0 saturated heterocycles. The van der Waals surface area contributed by atoms with Crippen LogP contribution in [0.15, 0.2) is 30.3 Å². The number of carboxylic acid groups (broad SMARTS) is 1. The van der Waals surface area contributed by atoms with Crippen LogP contribution in [-0.2, 0) is 25.6 Å². The van der Waals surface area contributed by atoms with Gasteiger partial charge in [0.25, 0.3) is 0 Å². The fourth-order valence-electron chi connectivity index (χ4n) is 3.48. The molecule has 11 heteroatoms. The maximum absolute atomic E-state index is 13.3. The summed E-state index contributed by atoms with van der Waals surface area (Å²) in [5.41, 5.74) is 6.60. The zero-order valence-corrected chi connectivity index (χ0v) is 21.8. The predicted octanol–water partition coefficient (Wildman–Crippen LogP) is 0.777. The summed E-state index contributed by atoms with van der Waals surface area (Å²) in [7, 11) is 1.49. The smallest absolute Gasteiger partial charge is 0.326 e. The molecule has 0 aliphatic carbocycles. The Bertz CT molecular complexity index is 825. The van der Waals surface area contributed by atoms with Crippen molar-refractivity contribution in [1.29, 1.82) is 0 Å². The summed E-state index contributed by atoms with van der Waals surface area (Å²) in [6.07, 6.45) is 2.26. The van der Waals surface area contributed by atoms with E-state index in [-0.39, 0.29) is 24.5 Å². The van der Waals surface area contributed by atoms with Crippen LogP contribution in [0, 0.1) is 5.92 Å². The number of thioether (sulfide) groups is 1. The highest BCUT2D eigenvalue weighted by atomic mass is 32.2. The second-order valence-corrected chi connectivity index (χ2v) is 9.71. The molecule has 0 bridgehead atoms. The molecule has 0 heterocycles. The van der Waals surface area contributed by atoms with Crippen LogP contribution in [0.2, 0.25) is 0 Å². The Kier molecular flexibility index (Phi) is 13.1. The first-order chi connectivity index (χ1) is 16.0. The Hall–Kier alpha value is -2.24. The molecule has 0 fully saturated rings. The van der Waals surface area contributed by atoms with Crippen molar-refractivity contribution >= 4 is 48.1 Å². The molecule has 34 heavy (non-hydrogen) atoms. The van der Waals surface area contributed by atoms with Gasteiger partial charge in [-0.05, 0) is 29.9 Å². The van der Waals surface area contributed by atoms with Gasteiger partial charge in [-0.15, -0.1) is 0 Å². The number of thiol groups is 1. The first kappa shape index (κ1) is 29.8. The van der Waals surface area contributed by atoms with Gasteiger partial charge in [-0.25, -0.2) is 4.79 Å². The lowest BCUT2D eigenvalue weighted by atomic mass is 9.99. The van der Waals surface area contributed by atoms with Crippen LogP contribution in [0.4, 0.5) is 0 Å². The largest absolute Gasteiger partial charge is 0.480 e. The average molecular weight is 513 g/mol. The highest BCUT2D eigenvalue weighted by Gasteiger charge is 2.34. The van der Waals surface area contributed by atoms with Gasteiger partial charge in [0.1, 0.15) is 18.1 Å². The van der Waals surface area contributed by atoms with E-state index in [9.17, 15) is 24.3 Å². The number of carbonyl (C=O) groups is 4. The molecule has 0 radical (unpaired) electrons. The van der Waals surface area contributed by atoms with Crippen molar-refractivity contribution in [2.24, 2.45) is 11.7 Å². The molecule has 1 rings (SSSR count). The summed E-state index contributed by atoms with van der Waals surface area (Å²) < 4.78 is 0. The number of rotatable bonds is 14. The van der Waals surface area contributed by atoms with Gasteiger partial charge >= 0.3 is 5.97 Å². The first-order valence-corrected chi connectivity index (χ1v) is 13.1. The number of benzene rings is 1. The molecule has 3 amide bonds. The zero-order valence-electron chi connectivity index (χ0n) is 20.1. The molecule has 0 aromatic heterocycles. The molecule has 1 aromatic rings. The normalized spacial score (nSPS) is 14.6. The second-order valence-electron chi connectivity index (χ2n) is 8.36. The average Bonchev–Trinajstić information content (AvgIpc) is 2.80. The fourth-order valence-corrected chi connectivity index (χ4v) is 4.11. The molecule has 9 nitrogen and oxygen atoms in total. The Labute approximate surface area is 211 Å². The summed E-state index contributed by atoms with van der Waals surface area (Å²) in [6, 6.07) is 5.24. The number of nitrogens with zero attached hydrogens (tertiary/aromatic N) is 1. The van der Waals surface area contributed by atoms with Crippen LogP contribution < -0.4 is 16.4 Å². The van der Waals surface area contributed by atoms with E-state index in [0.717, 1.165) is 5.56 Å². The van der Waals surface area contributed by atoms with Gasteiger partial charge in [0.15, 0.2) is 0 Å².